The number of amides is 2. The lowest BCUT2D eigenvalue weighted by atomic mass is 9.85. The third-order valence-electron chi connectivity index (χ3n) is 4.99. The molecule has 118 valence electrons. The van der Waals surface area contributed by atoms with Crippen LogP contribution in [0.1, 0.15) is 41.6 Å². The highest BCUT2D eigenvalue weighted by molar-refractivity contribution is 6.31. The van der Waals surface area contributed by atoms with Gasteiger partial charge >= 0.3 is 0 Å². The van der Waals surface area contributed by atoms with Crippen molar-refractivity contribution in [1.29, 1.82) is 0 Å². The molecule has 2 amide bonds. The molecule has 0 N–H and O–H groups in total. The van der Waals surface area contributed by atoms with Crippen molar-refractivity contribution in [3.63, 3.8) is 0 Å². The minimum atomic E-state index is -0.640. The maximum atomic E-state index is 13.0. The number of likely N-dealkylation sites (N-methyl/N-ethyl adjacent to an activating group) is 1. The van der Waals surface area contributed by atoms with Crippen LogP contribution in [0.3, 0.4) is 0 Å². The summed E-state index contributed by atoms with van der Waals surface area (Å²) in [6.07, 6.45) is 3.36. The fourth-order valence-corrected chi connectivity index (χ4v) is 3.97. The predicted molar refractivity (Wildman–Crippen MR) is 86.1 cm³/mol. The van der Waals surface area contributed by atoms with Crippen LogP contribution in [-0.2, 0) is 4.79 Å². The number of hydrogen-bond acceptors (Lipinski definition) is 2. The number of rotatable bonds is 1. The largest absolute Gasteiger partial charge is 0.344 e. The second kappa shape index (κ2) is 5.58. The molecule has 2 aliphatic rings. The van der Waals surface area contributed by atoms with Gasteiger partial charge in [-0.25, -0.2) is 0 Å². The fraction of sp³-hybridized carbons (Fsp3) is 0.529. The van der Waals surface area contributed by atoms with E-state index < -0.39 is 5.54 Å². The topological polar surface area (TPSA) is 40.6 Å². The monoisotopic (exact) mass is 320 g/mol. The van der Waals surface area contributed by atoms with Crippen LogP contribution in [0.4, 0.5) is 0 Å². The fourth-order valence-electron chi connectivity index (χ4n) is 3.80. The van der Waals surface area contributed by atoms with Crippen LogP contribution in [-0.4, -0.2) is 47.3 Å². The lowest BCUT2D eigenvalue weighted by Gasteiger charge is -2.43. The Balaban J connectivity index is 1.98. The van der Waals surface area contributed by atoms with E-state index >= 15 is 0 Å². The molecule has 5 heteroatoms. The van der Waals surface area contributed by atoms with E-state index in [4.69, 9.17) is 11.6 Å². The third kappa shape index (κ3) is 2.30. The molecule has 1 aromatic carbocycles. The van der Waals surface area contributed by atoms with Crippen molar-refractivity contribution in [2.75, 3.05) is 20.1 Å². The summed E-state index contributed by atoms with van der Waals surface area (Å²) < 4.78 is 0. The predicted octanol–water partition coefficient (Wildman–Crippen LogP) is 2.88. The van der Waals surface area contributed by atoms with Gasteiger partial charge in [0.25, 0.3) is 5.91 Å². The molecular weight excluding hydrogens is 300 g/mol. The third-order valence-corrected chi connectivity index (χ3v) is 5.23. The molecule has 2 saturated heterocycles. The molecule has 0 aromatic heterocycles. The smallest absolute Gasteiger partial charge is 0.255 e. The quantitative estimate of drug-likeness (QED) is 0.798. The molecule has 0 bridgehead atoms. The van der Waals surface area contributed by atoms with E-state index in [0.717, 1.165) is 37.8 Å². The first-order valence-electron chi connectivity index (χ1n) is 7.79. The molecular formula is C17H21ClN2O2. The van der Waals surface area contributed by atoms with Crippen LogP contribution in [0.15, 0.2) is 18.2 Å². The lowest BCUT2D eigenvalue weighted by Crippen LogP contribution is -2.60. The number of aryl methyl sites for hydroxylation is 1. The normalized spacial score (nSPS) is 25.1. The van der Waals surface area contributed by atoms with Gasteiger partial charge in [-0.3, -0.25) is 9.59 Å². The summed E-state index contributed by atoms with van der Waals surface area (Å²) in [6.45, 7) is 3.32. The molecule has 0 saturated carbocycles. The van der Waals surface area contributed by atoms with Crippen molar-refractivity contribution in [2.24, 2.45) is 0 Å². The molecule has 2 aliphatic heterocycles. The molecule has 0 radical (unpaired) electrons. The van der Waals surface area contributed by atoms with Gasteiger partial charge in [0, 0.05) is 30.7 Å². The summed E-state index contributed by atoms with van der Waals surface area (Å²) in [6, 6.07) is 5.35. The number of halogens is 1. The Morgan fingerprint density at radius 2 is 1.91 bits per heavy atom. The van der Waals surface area contributed by atoms with Gasteiger partial charge in [-0.2, -0.15) is 0 Å². The van der Waals surface area contributed by atoms with E-state index in [1.807, 2.05) is 20.0 Å². The molecule has 1 atom stereocenters. The van der Waals surface area contributed by atoms with E-state index in [2.05, 4.69) is 0 Å². The van der Waals surface area contributed by atoms with E-state index in [-0.39, 0.29) is 11.8 Å². The van der Waals surface area contributed by atoms with Crippen molar-refractivity contribution < 1.29 is 9.59 Å². The van der Waals surface area contributed by atoms with Gasteiger partial charge in [0.05, 0.1) is 0 Å². The summed E-state index contributed by atoms with van der Waals surface area (Å²) in [5.41, 5.74) is 0.863. The van der Waals surface area contributed by atoms with Crippen molar-refractivity contribution >= 4 is 23.4 Å². The highest BCUT2D eigenvalue weighted by atomic mass is 35.5. The number of carbonyl (C=O) groups excluding carboxylic acids is 2. The van der Waals surface area contributed by atoms with E-state index in [9.17, 15) is 9.59 Å². The summed E-state index contributed by atoms with van der Waals surface area (Å²) in [4.78, 5) is 29.4. The number of piperidine rings is 1. The van der Waals surface area contributed by atoms with Gasteiger partial charge in [-0.1, -0.05) is 17.7 Å². The summed E-state index contributed by atoms with van der Waals surface area (Å²) in [5, 5.41) is 0.550. The Morgan fingerprint density at radius 3 is 2.64 bits per heavy atom. The van der Waals surface area contributed by atoms with Crippen LogP contribution < -0.4 is 0 Å². The maximum Gasteiger partial charge on any atom is 0.255 e. The summed E-state index contributed by atoms with van der Waals surface area (Å²) in [5.74, 6) is 0.0189. The van der Waals surface area contributed by atoms with Gasteiger partial charge in [-0.15, -0.1) is 0 Å². The zero-order valence-electron chi connectivity index (χ0n) is 13.1. The Morgan fingerprint density at radius 1 is 1.23 bits per heavy atom. The van der Waals surface area contributed by atoms with E-state index in [1.54, 1.807) is 21.9 Å². The molecule has 22 heavy (non-hydrogen) atoms. The Hall–Kier alpha value is -1.55. The van der Waals surface area contributed by atoms with Gasteiger partial charge in [0.15, 0.2) is 0 Å². The standard InChI is InChI=1S/C17H21ClN2O2/c1-12-5-6-13(18)11-14(12)15(21)20-10-4-8-17(20)7-3-9-19(2)16(17)22/h5-6,11H,3-4,7-10H2,1-2H3. The van der Waals surface area contributed by atoms with Crippen molar-refractivity contribution in [3.8, 4) is 0 Å². The van der Waals surface area contributed by atoms with Gasteiger partial charge in [-0.05, 0) is 50.3 Å². The molecule has 4 nitrogen and oxygen atoms in total. The van der Waals surface area contributed by atoms with Crippen molar-refractivity contribution in [1.82, 2.24) is 9.80 Å². The molecule has 0 aliphatic carbocycles. The Kier molecular flexibility index (Phi) is 3.89. The number of benzene rings is 1. The highest BCUT2D eigenvalue weighted by Gasteiger charge is 2.52. The zero-order chi connectivity index (χ0) is 15.9. The first-order valence-corrected chi connectivity index (χ1v) is 8.17. The highest BCUT2D eigenvalue weighted by Crippen LogP contribution is 2.39. The second-order valence-corrected chi connectivity index (χ2v) is 6.82. The van der Waals surface area contributed by atoms with Crippen LogP contribution in [0, 0.1) is 6.92 Å². The average Bonchev–Trinajstić information content (AvgIpc) is 2.91. The van der Waals surface area contributed by atoms with Gasteiger partial charge < -0.3 is 9.80 Å². The first-order chi connectivity index (χ1) is 10.5. The minimum Gasteiger partial charge on any atom is -0.344 e. The molecule has 2 heterocycles. The van der Waals surface area contributed by atoms with Crippen molar-refractivity contribution in [2.45, 2.75) is 38.1 Å². The van der Waals surface area contributed by atoms with Crippen LogP contribution >= 0.6 is 11.6 Å². The molecule has 1 aromatic rings. The number of hydrogen-bond donors (Lipinski definition) is 0. The first kappa shape index (κ1) is 15.3. The molecule has 1 unspecified atom stereocenters. The number of carbonyl (C=O) groups is 2. The van der Waals surface area contributed by atoms with Crippen molar-refractivity contribution in [3.05, 3.63) is 34.3 Å². The molecule has 3 rings (SSSR count). The SMILES string of the molecule is Cc1ccc(Cl)cc1C(=O)N1CCCC12CCCN(C)C2=O. The van der Waals surface area contributed by atoms with Crippen LogP contribution in [0.25, 0.3) is 0 Å². The lowest BCUT2D eigenvalue weighted by molar-refractivity contribution is -0.144. The minimum absolute atomic E-state index is 0.0684. The molecule has 1 spiro atoms. The maximum absolute atomic E-state index is 13.0. The van der Waals surface area contributed by atoms with Gasteiger partial charge in [0.2, 0.25) is 5.91 Å². The van der Waals surface area contributed by atoms with E-state index in [0.29, 0.717) is 17.1 Å². The second-order valence-electron chi connectivity index (χ2n) is 6.38. The van der Waals surface area contributed by atoms with E-state index in [1.165, 1.54) is 0 Å². The van der Waals surface area contributed by atoms with Gasteiger partial charge in [0.1, 0.15) is 5.54 Å². The average molecular weight is 321 g/mol. The molecule has 2 fully saturated rings. The Labute approximate surface area is 136 Å². The van der Waals surface area contributed by atoms with Crippen LogP contribution in [0.2, 0.25) is 5.02 Å². The number of likely N-dealkylation sites (tertiary alicyclic amines) is 2. The summed E-state index contributed by atoms with van der Waals surface area (Å²) >= 11 is 6.05. The van der Waals surface area contributed by atoms with Crippen LogP contribution in [0.5, 0.6) is 0 Å². The zero-order valence-corrected chi connectivity index (χ0v) is 13.8. The summed E-state index contributed by atoms with van der Waals surface area (Å²) in [7, 11) is 1.83. The number of nitrogens with zero attached hydrogens (tertiary/aromatic N) is 2. The Bertz CT molecular complexity index is 631.